The van der Waals surface area contributed by atoms with Crippen LogP contribution in [0, 0.1) is 5.41 Å². The molecule has 2 aliphatic heterocycles. The number of aliphatic hydroxyl groups is 1. The van der Waals surface area contributed by atoms with Crippen LogP contribution in [0.2, 0.25) is 0 Å². The van der Waals surface area contributed by atoms with E-state index < -0.39 is 5.41 Å². The fraction of sp³-hybridized carbons (Fsp3) is 0.786. The second-order valence-electron chi connectivity index (χ2n) is 6.05. The van der Waals surface area contributed by atoms with E-state index in [1.165, 1.54) is 0 Å². The van der Waals surface area contributed by atoms with E-state index in [2.05, 4.69) is 0 Å². The lowest BCUT2D eigenvalue weighted by molar-refractivity contribution is -0.141. The summed E-state index contributed by atoms with van der Waals surface area (Å²) >= 11 is 0. The zero-order chi connectivity index (χ0) is 13.9. The first-order valence-corrected chi connectivity index (χ1v) is 6.69. The smallest absolute Gasteiger partial charge is 0.330 e. The van der Waals surface area contributed by atoms with Crippen LogP contribution in [0.4, 0.5) is 0 Å². The molecule has 2 rings (SSSR count). The third-order valence-electron chi connectivity index (χ3n) is 3.14. The van der Waals surface area contributed by atoms with Gasteiger partial charge in [0.2, 0.25) is 0 Å². The van der Waals surface area contributed by atoms with Gasteiger partial charge in [-0.25, -0.2) is 4.79 Å². The SMILES string of the molecule is CC(C)(CO)COC(=O)C=C(CC1CO1)CC1CO1. The highest BCUT2D eigenvalue weighted by atomic mass is 16.6. The van der Waals surface area contributed by atoms with Crippen molar-refractivity contribution in [1.82, 2.24) is 0 Å². The number of ether oxygens (including phenoxy) is 3. The highest BCUT2D eigenvalue weighted by molar-refractivity contribution is 5.82. The quantitative estimate of drug-likeness (QED) is 0.405. The maximum atomic E-state index is 11.8. The molecule has 2 aliphatic rings. The van der Waals surface area contributed by atoms with E-state index in [0.717, 1.165) is 31.6 Å². The van der Waals surface area contributed by atoms with Crippen molar-refractivity contribution in [3.8, 4) is 0 Å². The monoisotopic (exact) mass is 270 g/mol. The summed E-state index contributed by atoms with van der Waals surface area (Å²) in [4.78, 5) is 11.8. The van der Waals surface area contributed by atoms with E-state index in [0.29, 0.717) is 0 Å². The summed E-state index contributed by atoms with van der Waals surface area (Å²) in [5.41, 5.74) is 0.625. The zero-order valence-corrected chi connectivity index (χ0v) is 11.6. The molecule has 0 aromatic rings. The molecule has 0 bridgehead atoms. The van der Waals surface area contributed by atoms with Crippen molar-refractivity contribution in [3.05, 3.63) is 11.6 Å². The Bertz CT molecular complexity index is 337. The van der Waals surface area contributed by atoms with Crippen LogP contribution in [0.25, 0.3) is 0 Å². The molecule has 19 heavy (non-hydrogen) atoms. The Kier molecular flexibility index (Phi) is 4.60. The van der Waals surface area contributed by atoms with Crippen LogP contribution in [-0.4, -0.2) is 49.7 Å². The summed E-state index contributed by atoms with van der Waals surface area (Å²) in [5, 5.41) is 9.10. The summed E-state index contributed by atoms with van der Waals surface area (Å²) in [6, 6.07) is 0. The van der Waals surface area contributed by atoms with E-state index in [1.807, 2.05) is 13.8 Å². The molecular weight excluding hydrogens is 248 g/mol. The van der Waals surface area contributed by atoms with Gasteiger partial charge in [0.25, 0.3) is 0 Å². The molecule has 0 aliphatic carbocycles. The minimum atomic E-state index is -0.400. The maximum absolute atomic E-state index is 11.8. The minimum Gasteiger partial charge on any atom is -0.462 e. The van der Waals surface area contributed by atoms with Crippen LogP contribution in [0.5, 0.6) is 0 Å². The Morgan fingerprint density at radius 3 is 2.26 bits per heavy atom. The van der Waals surface area contributed by atoms with E-state index >= 15 is 0 Å². The van der Waals surface area contributed by atoms with Gasteiger partial charge >= 0.3 is 5.97 Å². The van der Waals surface area contributed by atoms with Gasteiger partial charge in [0, 0.05) is 11.5 Å². The topological polar surface area (TPSA) is 71.6 Å². The molecule has 0 saturated carbocycles. The lowest BCUT2D eigenvalue weighted by Crippen LogP contribution is -2.25. The summed E-state index contributed by atoms with van der Waals surface area (Å²) in [6.07, 6.45) is 3.62. The van der Waals surface area contributed by atoms with Crippen LogP contribution in [0.15, 0.2) is 11.6 Å². The number of rotatable bonds is 8. The summed E-state index contributed by atoms with van der Waals surface area (Å²) in [6.45, 7) is 5.45. The molecule has 2 heterocycles. The van der Waals surface area contributed by atoms with Gasteiger partial charge in [-0.3, -0.25) is 0 Å². The van der Waals surface area contributed by atoms with Gasteiger partial charge in [-0.15, -0.1) is 0 Å². The Hall–Kier alpha value is -0.910. The van der Waals surface area contributed by atoms with Gasteiger partial charge in [0.05, 0.1) is 38.6 Å². The van der Waals surface area contributed by atoms with Crippen molar-refractivity contribution < 1.29 is 24.1 Å². The van der Waals surface area contributed by atoms with Gasteiger partial charge in [0.15, 0.2) is 0 Å². The second kappa shape index (κ2) is 6.03. The second-order valence-corrected chi connectivity index (χ2v) is 6.05. The minimum absolute atomic E-state index is 0.0112. The predicted octanol–water partition coefficient (Wildman–Crippen LogP) is 1.05. The third-order valence-corrected chi connectivity index (χ3v) is 3.14. The largest absolute Gasteiger partial charge is 0.462 e. The molecule has 0 aromatic carbocycles. The summed E-state index contributed by atoms with van der Waals surface area (Å²) in [5.74, 6) is -0.349. The van der Waals surface area contributed by atoms with E-state index in [9.17, 15) is 4.79 Å². The molecule has 0 spiro atoms. The first-order chi connectivity index (χ1) is 8.98. The van der Waals surface area contributed by atoms with Gasteiger partial charge < -0.3 is 19.3 Å². The first-order valence-electron chi connectivity index (χ1n) is 6.69. The molecule has 108 valence electrons. The Labute approximate surface area is 113 Å². The number of hydrogen-bond donors (Lipinski definition) is 1. The molecule has 0 amide bonds. The molecule has 5 heteroatoms. The standard InChI is InChI=1S/C14H22O5/c1-14(2,8-15)9-19-13(16)5-10(3-11-6-17-11)4-12-7-18-12/h5,11-12,15H,3-4,6-9H2,1-2H3. The van der Waals surface area contributed by atoms with Crippen molar-refractivity contribution in [2.75, 3.05) is 26.4 Å². The van der Waals surface area contributed by atoms with Crippen LogP contribution < -0.4 is 0 Å². The number of carbonyl (C=O) groups excluding carboxylic acids is 1. The van der Waals surface area contributed by atoms with E-state index in [-0.39, 0.29) is 31.4 Å². The highest BCUT2D eigenvalue weighted by Gasteiger charge is 2.29. The average Bonchev–Trinajstić information content (AvgIpc) is 3.23. The Morgan fingerprint density at radius 2 is 1.84 bits per heavy atom. The van der Waals surface area contributed by atoms with Crippen LogP contribution in [0.3, 0.4) is 0 Å². The van der Waals surface area contributed by atoms with E-state index in [1.54, 1.807) is 6.08 Å². The van der Waals surface area contributed by atoms with Crippen molar-refractivity contribution in [1.29, 1.82) is 0 Å². The van der Waals surface area contributed by atoms with Crippen molar-refractivity contribution >= 4 is 5.97 Å². The number of epoxide rings is 2. The average molecular weight is 270 g/mol. The number of esters is 1. The van der Waals surface area contributed by atoms with Gasteiger partial charge in [0.1, 0.15) is 0 Å². The van der Waals surface area contributed by atoms with Crippen molar-refractivity contribution in [2.45, 2.75) is 38.9 Å². The Morgan fingerprint density at radius 1 is 1.32 bits per heavy atom. The van der Waals surface area contributed by atoms with E-state index in [4.69, 9.17) is 19.3 Å². The molecule has 1 N–H and O–H groups in total. The summed E-state index contributed by atoms with van der Waals surface area (Å²) in [7, 11) is 0. The molecular formula is C14H22O5. The summed E-state index contributed by atoms with van der Waals surface area (Å²) < 4.78 is 15.5. The molecule has 2 unspecified atom stereocenters. The van der Waals surface area contributed by atoms with Crippen molar-refractivity contribution in [2.24, 2.45) is 5.41 Å². The molecule has 0 aromatic heterocycles. The van der Waals surface area contributed by atoms with Gasteiger partial charge in [-0.2, -0.15) is 0 Å². The van der Waals surface area contributed by atoms with Crippen LogP contribution >= 0.6 is 0 Å². The van der Waals surface area contributed by atoms with Crippen LogP contribution in [0.1, 0.15) is 26.7 Å². The normalized spacial score (nSPS) is 24.8. The molecule has 2 atom stereocenters. The highest BCUT2D eigenvalue weighted by Crippen LogP contribution is 2.26. The first kappa shape index (κ1) is 14.5. The lowest BCUT2D eigenvalue weighted by atomic mass is 9.96. The number of hydrogen-bond acceptors (Lipinski definition) is 5. The molecule has 2 saturated heterocycles. The zero-order valence-electron chi connectivity index (χ0n) is 11.6. The van der Waals surface area contributed by atoms with Crippen LogP contribution in [-0.2, 0) is 19.0 Å². The third kappa shape index (κ3) is 5.72. The lowest BCUT2D eigenvalue weighted by Gasteiger charge is -2.20. The van der Waals surface area contributed by atoms with Crippen molar-refractivity contribution in [3.63, 3.8) is 0 Å². The molecule has 5 nitrogen and oxygen atoms in total. The Balaban J connectivity index is 1.81. The number of aliphatic hydroxyl groups excluding tert-OH is 1. The predicted molar refractivity (Wildman–Crippen MR) is 68.6 cm³/mol. The van der Waals surface area contributed by atoms with Gasteiger partial charge in [-0.1, -0.05) is 19.4 Å². The molecule has 0 radical (unpaired) electrons. The van der Waals surface area contributed by atoms with Gasteiger partial charge in [-0.05, 0) is 12.8 Å². The maximum Gasteiger partial charge on any atom is 0.330 e. The molecule has 2 fully saturated rings. The number of carbonyl (C=O) groups is 1. The fourth-order valence-electron chi connectivity index (χ4n) is 1.68. The fourth-order valence-corrected chi connectivity index (χ4v) is 1.68.